The Bertz CT molecular complexity index is 1090. The van der Waals surface area contributed by atoms with Gasteiger partial charge in [-0.2, -0.15) is 10.1 Å². The highest BCUT2D eigenvalue weighted by atomic mass is 16.5. The summed E-state index contributed by atoms with van der Waals surface area (Å²) in [6.45, 7) is 12.5. The Kier molecular flexibility index (Phi) is 5.32. The number of hydrogen-bond donors (Lipinski definition) is 1. The quantitative estimate of drug-likeness (QED) is 0.628. The highest BCUT2D eigenvalue weighted by Gasteiger charge is 2.32. The lowest BCUT2D eigenvalue weighted by Gasteiger charge is -2.29. The number of hydrogen-bond acceptors (Lipinski definition) is 5. The summed E-state index contributed by atoms with van der Waals surface area (Å²) in [4.78, 5) is 4.71. The predicted octanol–water partition coefficient (Wildman–Crippen LogP) is 4.97. The van der Waals surface area contributed by atoms with Crippen LogP contribution in [0.25, 0.3) is 23.0 Å². The maximum Gasteiger partial charge on any atom is 0.279 e. The summed E-state index contributed by atoms with van der Waals surface area (Å²) in [6.07, 6.45) is 4.69. The van der Waals surface area contributed by atoms with Crippen molar-refractivity contribution in [1.82, 2.24) is 19.9 Å². The second-order valence-corrected chi connectivity index (χ2v) is 10.6. The van der Waals surface area contributed by atoms with Crippen molar-refractivity contribution in [3.8, 4) is 23.0 Å². The molecule has 166 valence electrons. The fourth-order valence-corrected chi connectivity index (χ4v) is 4.65. The SMILES string of the molecule is Cc1cc(-c2noc(-c3nn(C)c4c3CCC(C)(C)C4)n2)cc(C)c1CCC(C)(C)O. The molecule has 4 rings (SSSR count). The molecule has 0 unspecified atom stereocenters. The third kappa shape index (κ3) is 4.45. The van der Waals surface area contributed by atoms with E-state index in [0.717, 1.165) is 43.4 Å². The lowest BCUT2D eigenvalue weighted by molar-refractivity contribution is 0.0713. The molecule has 31 heavy (non-hydrogen) atoms. The van der Waals surface area contributed by atoms with Gasteiger partial charge in [-0.25, -0.2) is 0 Å². The Morgan fingerprint density at radius 3 is 2.52 bits per heavy atom. The minimum Gasteiger partial charge on any atom is -0.390 e. The summed E-state index contributed by atoms with van der Waals surface area (Å²) in [5, 5.41) is 19.1. The summed E-state index contributed by atoms with van der Waals surface area (Å²) in [5.74, 6) is 1.08. The Morgan fingerprint density at radius 1 is 1.19 bits per heavy atom. The molecule has 0 aliphatic heterocycles. The van der Waals surface area contributed by atoms with E-state index in [1.165, 1.54) is 27.9 Å². The molecule has 0 radical (unpaired) electrons. The molecule has 0 saturated carbocycles. The van der Waals surface area contributed by atoms with Crippen molar-refractivity contribution in [1.29, 1.82) is 0 Å². The molecule has 6 heteroatoms. The first-order chi connectivity index (χ1) is 14.4. The van der Waals surface area contributed by atoms with Gasteiger partial charge in [0, 0.05) is 23.9 Å². The highest BCUT2D eigenvalue weighted by Crippen LogP contribution is 2.38. The van der Waals surface area contributed by atoms with Gasteiger partial charge >= 0.3 is 0 Å². The van der Waals surface area contributed by atoms with Crippen LogP contribution in [-0.2, 0) is 26.3 Å². The van der Waals surface area contributed by atoms with Crippen LogP contribution in [-0.4, -0.2) is 30.6 Å². The van der Waals surface area contributed by atoms with Gasteiger partial charge in [-0.1, -0.05) is 19.0 Å². The van der Waals surface area contributed by atoms with E-state index in [2.05, 4.69) is 45.0 Å². The second-order valence-electron chi connectivity index (χ2n) is 10.6. The fraction of sp³-hybridized carbons (Fsp3) is 0.560. The fourth-order valence-electron chi connectivity index (χ4n) is 4.65. The van der Waals surface area contributed by atoms with Crippen molar-refractivity contribution >= 4 is 0 Å². The molecule has 2 heterocycles. The molecule has 1 aliphatic carbocycles. The summed E-state index contributed by atoms with van der Waals surface area (Å²) in [6, 6.07) is 4.22. The van der Waals surface area contributed by atoms with Gasteiger partial charge in [-0.3, -0.25) is 4.68 Å². The van der Waals surface area contributed by atoms with E-state index < -0.39 is 5.60 Å². The molecule has 2 aromatic heterocycles. The normalized spacial score (nSPS) is 15.9. The van der Waals surface area contributed by atoms with Crippen LogP contribution < -0.4 is 0 Å². The van der Waals surface area contributed by atoms with E-state index in [9.17, 15) is 5.11 Å². The van der Waals surface area contributed by atoms with Crippen molar-refractivity contribution < 1.29 is 9.63 Å². The summed E-state index contributed by atoms with van der Waals surface area (Å²) >= 11 is 0. The number of nitrogens with zero attached hydrogens (tertiary/aromatic N) is 4. The summed E-state index contributed by atoms with van der Waals surface area (Å²) < 4.78 is 7.64. The van der Waals surface area contributed by atoms with Crippen molar-refractivity contribution in [2.24, 2.45) is 12.5 Å². The van der Waals surface area contributed by atoms with E-state index in [4.69, 9.17) is 14.6 Å². The molecule has 0 spiro atoms. The maximum atomic E-state index is 10.1. The molecule has 1 aromatic carbocycles. The molecule has 1 N–H and O–H groups in total. The molecule has 0 saturated heterocycles. The third-order valence-corrected chi connectivity index (χ3v) is 6.54. The van der Waals surface area contributed by atoms with Crippen LogP contribution in [0.1, 0.15) is 68.5 Å². The molecule has 6 nitrogen and oxygen atoms in total. The van der Waals surface area contributed by atoms with Crippen molar-refractivity contribution in [3.63, 3.8) is 0 Å². The molecule has 0 atom stereocenters. The van der Waals surface area contributed by atoms with Crippen LogP contribution in [0.5, 0.6) is 0 Å². The number of aliphatic hydroxyl groups is 1. The zero-order chi connectivity index (χ0) is 22.6. The van der Waals surface area contributed by atoms with E-state index >= 15 is 0 Å². The number of fused-ring (bicyclic) bond motifs is 1. The minimum atomic E-state index is -0.669. The van der Waals surface area contributed by atoms with E-state index in [-0.39, 0.29) is 0 Å². The van der Waals surface area contributed by atoms with Crippen LogP contribution in [0.4, 0.5) is 0 Å². The monoisotopic (exact) mass is 422 g/mol. The first-order valence-electron chi connectivity index (χ1n) is 11.2. The van der Waals surface area contributed by atoms with Crippen LogP contribution in [0.3, 0.4) is 0 Å². The second kappa shape index (κ2) is 7.59. The maximum absolute atomic E-state index is 10.1. The van der Waals surface area contributed by atoms with Crippen molar-refractivity contribution in [3.05, 3.63) is 40.1 Å². The Hall–Kier alpha value is -2.47. The molecule has 1 aliphatic rings. The van der Waals surface area contributed by atoms with Crippen molar-refractivity contribution in [2.45, 2.75) is 79.2 Å². The van der Waals surface area contributed by atoms with Crippen LogP contribution >= 0.6 is 0 Å². The molecule has 0 amide bonds. The average Bonchev–Trinajstić information content (AvgIpc) is 3.24. The van der Waals surface area contributed by atoms with Gasteiger partial charge in [-0.15, -0.1) is 0 Å². The van der Waals surface area contributed by atoms with E-state index in [1.807, 2.05) is 25.6 Å². The van der Waals surface area contributed by atoms with Gasteiger partial charge in [0.2, 0.25) is 5.82 Å². The summed E-state index contributed by atoms with van der Waals surface area (Å²) in [7, 11) is 2.00. The Balaban J connectivity index is 1.63. The predicted molar refractivity (Wildman–Crippen MR) is 122 cm³/mol. The Labute approximate surface area is 184 Å². The van der Waals surface area contributed by atoms with Gasteiger partial charge in [-0.05, 0) is 94.0 Å². The topological polar surface area (TPSA) is 77.0 Å². The van der Waals surface area contributed by atoms with E-state index in [0.29, 0.717) is 17.1 Å². The van der Waals surface area contributed by atoms with Crippen LogP contribution in [0.2, 0.25) is 0 Å². The van der Waals surface area contributed by atoms with Crippen molar-refractivity contribution in [2.75, 3.05) is 0 Å². The lowest BCUT2D eigenvalue weighted by Crippen LogP contribution is -2.23. The molecule has 3 aromatic rings. The number of rotatable bonds is 5. The zero-order valence-corrected chi connectivity index (χ0v) is 19.8. The average molecular weight is 423 g/mol. The number of benzene rings is 1. The summed E-state index contributed by atoms with van der Waals surface area (Å²) in [5.41, 5.74) is 7.55. The smallest absolute Gasteiger partial charge is 0.279 e. The number of aromatic nitrogens is 4. The largest absolute Gasteiger partial charge is 0.390 e. The number of aryl methyl sites for hydroxylation is 3. The standard InChI is InChI=1S/C25H34N4O2/c1-15-12-17(13-16(2)18(15)9-11-25(5,6)30)22-26-23(31-28-22)21-19-8-10-24(3,4)14-20(19)29(7)27-21/h12-13,30H,8-11,14H2,1-7H3. The minimum absolute atomic E-state index is 0.292. The molecular formula is C25H34N4O2. The lowest BCUT2D eigenvalue weighted by atomic mass is 9.76. The van der Waals surface area contributed by atoms with E-state index in [1.54, 1.807) is 0 Å². The van der Waals surface area contributed by atoms with Gasteiger partial charge < -0.3 is 9.63 Å². The van der Waals surface area contributed by atoms with Gasteiger partial charge in [0.1, 0.15) is 0 Å². The Morgan fingerprint density at radius 2 is 1.87 bits per heavy atom. The van der Waals surface area contributed by atoms with Crippen LogP contribution in [0, 0.1) is 19.3 Å². The molecule has 0 fully saturated rings. The van der Waals surface area contributed by atoms with Gasteiger partial charge in [0.25, 0.3) is 5.89 Å². The third-order valence-electron chi connectivity index (χ3n) is 6.54. The van der Waals surface area contributed by atoms with Gasteiger partial charge in [0.05, 0.1) is 5.60 Å². The first-order valence-corrected chi connectivity index (χ1v) is 11.2. The molecular weight excluding hydrogens is 388 g/mol. The van der Waals surface area contributed by atoms with Gasteiger partial charge in [0.15, 0.2) is 5.69 Å². The molecule has 0 bridgehead atoms. The zero-order valence-electron chi connectivity index (χ0n) is 19.8. The highest BCUT2D eigenvalue weighted by molar-refractivity contribution is 5.63. The first kappa shape index (κ1) is 21.8. The van der Waals surface area contributed by atoms with Crippen LogP contribution in [0.15, 0.2) is 16.7 Å².